The zero-order valence-corrected chi connectivity index (χ0v) is 14.7. The highest BCUT2D eigenvalue weighted by molar-refractivity contribution is 6.29. The largest absolute Gasteiger partial charge is 0.491 e. The second-order valence-electron chi connectivity index (χ2n) is 6.29. The molecule has 0 fully saturated rings. The van der Waals surface area contributed by atoms with Crippen molar-refractivity contribution in [2.45, 2.75) is 34.1 Å². The minimum absolute atomic E-state index is 0.148. The Hall–Kier alpha value is -1.68. The summed E-state index contributed by atoms with van der Waals surface area (Å²) >= 11 is 5.72. The zero-order valence-electron chi connectivity index (χ0n) is 13.9. The van der Waals surface area contributed by atoms with Gasteiger partial charge in [0.2, 0.25) is 0 Å². The van der Waals surface area contributed by atoms with Crippen LogP contribution in [0.15, 0.2) is 24.4 Å². The fourth-order valence-corrected chi connectivity index (χ4v) is 2.73. The van der Waals surface area contributed by atoms with E-state index in [1.165, 1.54) is 6.20 Å². The van der Waals surface area contributed by atoms with Gasteiger partial charge in [-0.1, -0.05) is 32.4 Å². The summed E-state index contributed by atoms with van der Waals surface area (Å²) in [5.41, 5.74) is 1.59. The van der Waals surface area contributed by atoms with Crippen molar-refractivity contribution in [2.24, 2.45) is 11.8 Å². The molecule has 0 saturated heterocycles. The molecule has 3 nitrogen and oxygen atoms in total. The quantitative estimate of drug-likeness (QED) is 0.671. The van der Waals surface area contributed by atoms with Crippen LogP contribution in [0.25, 0.3) is 11.3 Å². The summed E-state index contributed by atoms with van der Waals surface area (Å²) < 4.78 is 19.9. The van der Waals surface area contributed by atoms with Gasteiger partial charge in [-0.2, -0.15) is 0 Å². The fourth-order valence-electron chi connectivity index (χ4n) is 2.57. The molecule has 1 unspecified atom stereocenters. The Bertz CT molecular complexity index is 676. The van der Waals surface area contributed by atoms with E-state index < -0.39 is 5.82 Å². The standard InChI is InChI=1S/C18H22ClFN2O/c1-11(2)9-12(3)10-23-16-6-5-15(22-13(16)4)14-7-8-21-18(19)17(14)20/h5-8,11-12H,9-10H2,1-4H3. The molecule has 23 heavy (non-hydrogen) atoms. The van der Waals surface area contributed by atoms with Gasteiger partial charge >= 0.3 is 0 Å². The Morgan fingerprint density at radius 3 is 2.61 bits per heavy atom. The molecule has 1 atom stereocenters. The molecule has 2 aromatic heterocycles. The van der Waals surface area contributed by atoms with Crippen LogP contribution in [0, 0.1) is 24.6 Å². The lowest BCUT2D eigenvalue weighted by Gasteiger charge is -2.16. The summed E-state index contributed by atoms with van der Waals surface area (Å²) in [6.07, 6.45) is 2.58. The molecule has 0 amide bonds. The minimum Gasteiger partial charge on any atom is -0.491 e. The highest BCUT2D eigenvalue weighted by atomic mass is 35.5. The Labute approximate surface area is 141 Å². The Morgan fingerprint density at radius 2 is 1.96 bits per heavy atom. The van der Waals surface area contributed by atoms with Crippen molar-refractivity contribution in [1.82, 2.24) is 9.97 Å². The number of aryl methyl sites for hydroxylation is 1. The maximum Gasteiger partial charge on any atom is 0.169 e. The number of halogens is 2. The molecule has 0 aliphatic carbocycles. The molecule has 2 rings (SSSR count). The second kappa shape index (κ2) is 7.73. The number of nitrogens with zero attached hydrogens (tertiary/aromatic N) is 2. The number of ether oxygens (including phenoxy) is 1. The second-order valence-corrected chi connectivity index (χ2v) is 6.65. The maximum atomic E-state index is 14.0. The van der Waals surface area contributed by atoms with Gasteiger partial charge in [0.15, 0.2) is 11.0 Å². The molecule has 124 valence electrons. The van der Waals surface area contributed by atoms with E-state index in [1.807, 2.05) is 13.0 Å². The van der Waals surface area contributed by atoms with Gasteiger partial charge in [0.1, 0.15) is 5.75 Å². The van der Waals surface area contributed by atoms with Crippen LogP contribution in [0.4, 0.5) is 4.39 Å². The first-order chi connectivity index (χ1) is 10.9. The van der Waals surface area contributed by atoms with Crippen LogP contribution >= 0.6 is 11.6 Å². The van der Waals surface area contributed by atoms with Crippen LogP contribution in [0.1, 0.15) is 32.9 Å². The lowest BCUT2D eigenvalue weighted by atomic mass is 10.00. The number of rotatable bonds is 6. The molecule has 0 aliphatic rings. The summed E-state index contributed by atoms with van der Waals surface area (Å²) in [5.74, 6) is 1.30. The van der Waals surface area contributed by atoms with Crippen LogP contribution < -0.4 is 4.74 Å². The molecule has 0 saturated carbocycles. The third-order valence-corrected chi connectivity index (χ3v) is 3.82. The van der Waals surface area contributed by atoms with E-state index >= 15 is 0 Å². The van der Waals surface area contributed by atoms with Crippen molar-refractivity contribution >= 4 is 11.6 Å². The van der Waals surface area contributed by atoms with Gasteiger partial charge in [-0.15, -0.1) is 0 Å². The first-order valence-electron chi connectivity index (χ1n) is 7.79. The molecule has 0 bridgehead atoms. The Kier molecular flexibility index (Phi) is 5.94. The maximum absolute atomic E-state index is 14.0. The Balaban J connectivity index is 2.13. The first kappa shape index (κ1) is 17.7. The lowest BCUT2D eigenvalue weighted by Crippen LogP contribution is -2.11. The molecule has 0 radical (unpaired) electrons. The smallest absolute Gasteiger partial charge is 0.169 e. The predicted octanol–water partition coefficient (Wildman–Crippen LogP) is 5.31. The van der Waals surface area contributed by atoms with Gasteiger partial charge in [-0.05, 0) is 43.4 Å². The molecular weight excluding hydrogens is 315 g/mol. The summed E-state index contributed by atoms with van der Waals surface area (Å²) in [4.78, 5) is 8.15. The molecular formula is C18H22ClFN2O. The van der Waals surface area contributed by atoms with Crippen LogP contribution in [0.5, 0.6) is 5.75 Å². The van der Waals surface area contributed by atoms with Gasteiger partial charge < -0.3 is 4.74 Å². The van der Waals surface area contributed by atoms with Crippen molar-refractivity contribution in [3.8, 4) is 17.0 Å². The molecule has 2 heterocycles. The molecule has 0 spiro atoms. The highest BCUT2D eigenvalue weighted by Gasteiger charge is 2.13. The zero-order chi connectivity index (χ0) is 17.0. The van der Waals surface area contributed by atoms with Gasteiger partial charge in [-0.3, -0.25) is 0 Å². The normalized spacial score (nSPS) is 12.5. The Morgan fingerprint density at radius 1 is 1.22 bits per heavy atom. The number of aromatic nitrogens is 2. The molecule has 0 aliphatic heterocycles. The number of pyridine rings is 2. The monoisotopic (exact) mass is 336 g/mol. The predicted molar refractivity (Wildman–Crippen MR) is 91.3 cm³/mol. The van der Waals surface area contributed by atoms with Crippen LogP contribution in [0.3, 0.4) is 0 Å². The summed E-state index contributed by atoms with van der Waals surface area (Å²) in [5, 5.41) is -0.148. The summed E-state index contributed by atoms with van der Waals surface area (Å²) in [6, 6.07) is 5.13. The average Bonchev–Trinajstić information content (AvgIpc) is 2.48. The van der Waals surface area contributed by atoms with E-state index in [0.717, 1.165) is 17.9 Å². The number of hydrogen-bond acceptors (Lipinski definition) is 3. The minimum atomic E-state index is -0.555. The molecule has 0 N–H and O–H groups in total. The topological polar surface area (TPSA) is 35.0 Å². The van der Waals surface area contributed by atoms with Crippen molar-refractivity contribution < 1.29 is 9.13 Å². The van der Waals surface area contributed by atoms with E-state index in [-0.39, 0.29) is 5.15 Å². The average molecular weight is 337 g/mol. The molecule has 0 aromatic carbocycles. The van der Waals surface area contributed by atoms with Crippen LogP contribution in [-0.2, 0) is 0 Å². The summed E-state index contributed by atoms with van der Waals surface area (Å²) in [7, 11) is 0. The number of hydrogen-bond donors (Lipinski definition) is 0. The summed E-state index contributed by atoms with van der Waals surface area (Å²) in [6.45, 7) is 9.08. The van der Waals surface area contributed by atoms with Crippen molar-refractivity contribution in [2.75, 3.05) is 6.61 Å². The third kappa shape index (κ3) is 4.64. The van der Waals surface area contributed by atoms with Crippen molar-refractivity contribution in [1.29, 1.82) is 0 Å². The van der Waals surface area contributed by atoms with E-state index in [9.17, 15) is 4.39 Å². The lowest BCUT2D eigenvalue weighted by molar-refractivity contribution is 0.237. The molecule has 2 aromatic rings. The van der Waals surface area contributed by atoms with Gasteiger partial charge in [0, 0.05) is 11.8 Å². The van der Waals surface area contributed by atoms with E-state index in [1.54, 1.807) is 12.1 Å². The molecule has 5 heteroatoms. The van der Waals surface area contributed by atoms with Gasteiger partial charge in [0.05, 0.1) is 18.0 Å². The third-order valence-electron chi connectivity index (χ3n) is 3.56. The van der Waals surface area contributed by atoms with Crippen molar-refractivity contribution in [3.63, 3.8) is 0 Å². The van der Waals surface area contributed by atoms with Crippen LogP contribution in [-0.4, -0.2) is 16.6 Å². The van der Waals surface area contributed by atoms with E-state index in [4.69, 9.17) is 16.3 Å². The van der Waals surface area contributed by atoms with E-state index in [0.29, 0.717) is 29.7 Å². The van der Waals surface area contributed by atoms with E-state index in [2.05, 4.69) is 30.7 Å². The van der Waals surface area contributed by atoms with Crippen molar-refractivity contribution in [3.05, 3.63) is 41.1 Å². The fraction of sp³-hybridized carbons (Fsp3) is 0.444. The SMILES string of the molecule is Cc1nc(-c2ccnc(Cl)c2F)ccc1OCC(C)CC(C)C. The first-order valence-corrected chi connectivity index (χ1v) is 8.17. The highest BCUT2D eigenvalue weighted by Crippen LogP contribution is 2.27. The van der Waals surface area contributed by atoms with Crippen LogP contribution in [0.2, 0.25) is 5.15 Å². The van der Waals surface area contributed by atoms with Gasteiger partial charge in [-0.25, -0.2) is 14.4 Å². The van der Waals surface area contributed by atoms with Gasteiger partial charge in [0.25, 0.3) is 0 Å².